The Morgan fingerprint density at radius 3 is 2.48 bits per heavy atom. The first-order valence-electron chi connectivity index (χ1n) is 9.64. The molecular formula is C21H30N4O2. The van der Waals surface area contributed by atoms with Crippen LogP contribution in [0.2, 0.25) is 0 Å². The zero-order valence-electron chi connectivity index (χ0n) is 16.7. The number of ether oxygens (including phenoxy) is 1. The first kappa shape index (κ1) is 19.3. The molecule has 1 aliphatic rings. The largest absolute Gasteiger partial charge is 0.497 e. The van der Waals surface area contributed by atoms with Crippen LogP contribution < -0.4 is 10.1 Å². The molecule has 2 amide bonds. The molecule has 1 N–H and O–H groups in total. The molecule has 6 nitrogen and oxygen atoms in total. The highest BCUT2D eigenvalue weighted by Gasteiger charge is 2.28. The lowest BCUT2D eigenvalue weighted by atomic mass is 9.87. The van der Waals surface area contributed by atoms with Gasteiger partial charge in [-0.3, -0.25) is 0 Å². The molecule has 0 spiro atoms. The maximum absolute atomic E-state index is 13.0. The zero-order chi connectivity index (χ0) is 19.4. The third kappa shape index (κ3) is 4.43. The van der Waals surface area contributed by atoms with E-state index in [0.717, 1.165) is 35.9 Å². The molecule has 1 aromatic heterocycles. The predicted molar refractivity (Wildman–Crippen MR) is 106 cm³/mol. The summed E-state index contributed by atoms with van der Waals surface area (Å²) in [7, 11) is 5.49. The number of imidazole rings is 1. The van der Waals surface area contributed by atoms with Crippen molar-refractivity contribution in [1.82, 2.24) is 19.8 Å². The molecule has 6 heteroatoms. The number of rotatable bonds is 5. The van der Waals surface area contributed by atoms with E-state index in [1.807, 2.05) is 54.0 Å². The third-order valence-electron chi connectivity index (χ3n) is 5.69. The number of benzene rings is 1. The van der Waals surface area contributed by atoms with Crippen molar-refractivity contribution in [2.75, 3.05) is 14.2 Å². The van der Waals surface area contributed by atoms with Crippen LogP contribution in [0.1, 0.15) is 50.0 Å². The highest BCUT2D eigenvalue weighted by atomic mass is 16.5. The lowest BCUT2D eigenvalue weighted by molar-refractivity contribution is 0.161. The van der Waals surface area contributed by atoms with Crippen LogP contribution in [0.25, 0.3) is 0 Å². The molecule has 146 valence electrons. The van der Waals surface area contributed by atoms with E-state index in [1.54, 1.807) is 13.3 Å². The second-order valence-electron chi connectivity index (χ2n) is 7.58. The van der Waals surface area contributed by atoms with E-state index in [0.29, 0.717) is 6.04 Å². The Bertz CT molecular complexity index is 748. The Morgan fingerprint density at radius 2 is 1.93 bits per heavy atom. The van der Waals surface area contributed by atoms with Crippen molar-refractivity contribution in [1.29, 1.82) is 0 Å². The summed E-state index contributed by atoms with van der Waals surface area (Å²) >= 11 is 0. The standard InChI is InChI=1S/C21H30N4O2/c1-15-5-9-17(10-6-15)25(3)21(26)23-19(20-22-13-14-24(20)2)16-7-11-18(27-4)12-8-16/h7-8,11-15,17,19H,5-6,9-10H2,1-4H3,(H,23,26). The lowest BCUT2D eigenvalue weighted by Crippen LogP contribution is -2.46. The van der Waals surface area contributed by atoms with Gasteiger partial charge in [0.2, 0.25) is 0 Å². The first-order chi connectivity index (χ1) is 13.0. The molecule has 3 rings (SSSR count). The van der Waals surface area contributed by atoms with Gasteiger partial charge in [0.05, 0.1) is 7.11 Å². The van der Waals surface area contributed by atoms with Crippen LogP contribution in [0.15, 0.2) is 36.7 Å². The maximum Gasteiger partial charge on any atom is 0.318 e. The Labute approximate surface area is 161 Å². The molecular weight excluding hydrogens is 340 g/mol. The monoisotopic (exact) mass is 370 g/mol. The van der Waals surface area contributed by atoms with Gasteiger partial charge in [0.1, 0.15) is 17.6 Å². The molecule has 27 heavy (non-hydrogen) atoms. The van der Waals surface area contributed by atoms with Gasteiger partial charge in [-0.15, -0.1) is 0 Å². The quantitative estimate of drug-likeness (QED) is 0.872. The number of urea groups is 1. The first-order valence-corrected chi connectivity index (χ1v) is 9.64. The molecule has 0 bridgehead atoms. The van der Waals surface area contributed by atoms with Crippen LogP contribution in [-0.4, -0.2) is 40.7 Å². The van der Waals surface area contributed by atoms with Crippen molar-refractivity contribution in [3.63, 3.8) is 0 Å². The number of carbonyl (C=O) groups excluding carboxylic acids is 1. The van der Waals surface area contributed by atoms with Gasteiger partial charge >= 0.3 is 6.03 Å². The molecule has 1 fully saturated rings. The van der Waals surface area contributed by atoms with Gasteiger partial charge in [-0.1, -0.05) is 19.1 Å². The predicted octanol–water partition coefficient (Wildman–Crippen LogP) is 3.74. The van der Waals surface area contributed by atoms with Crippen LogP contribution in [0.4, 0.5) is 4.79 Å². The molecule has 0 saturated heterocycles. The normalized spacial score (nSPS) is 20.7. The fourth-order valence-corrected chi connectivity index (χ4v) is 3.77. The summed E-state index contributed by atoms with van der Waals surface area (Å²) in [5, 5.41) is 3.19. The van der Waals surface area contributed by atoms with Crippen molar-refractivity contribution in [3.8, 4) is 5.75 Å². The molecule has 1 unspecified atom stereocenters. The average molecular weight is 370 g/mol. The van der Waals surface area contributed by atoms with Gasteiger partial charge in [-0.05, 0) is 49.3 Å². The topological polar surface area (TPSA) is 59.4 Å². The van der Waals surface area contributed by atoms with E-state index >= 15 is 0 Å². The maximum atomic E-state index is 13.0. The van der Waals surface area contributed by atoms with Crippen LogP contribution >= 0.6 is 0 Å². The highest BCUT2D eigenvalue weighted by Crippen LogP contribution is 2.28. The summed E-state index contributed by atoms with van der Waals surface area (Å²) in [6.45, 7) is 2.29. The summed E-state index contributed by atoms with van der Waals surface area (Å²) in [5.74, 6) is 2.36. The minimum atomic E-state index is -0.312. The highest BCUT2D eigenvalue weighted by molar-refractivity contribution is 5.75. The number of hydrogen-bond donors (Lipinski definition) is 1. The molecule has 0 aliphatic heterocycles. The third-order valence-corrected chi connectivity index (χ3v) is 5.69. The molecule has 1 aromatic carbocycles. The van der Waals surface area contributed by atoms with Crippen LogP contribution in [0, 0.1) is 5.92 Å². The Balaban J connectivity index is 1.78. The van der Waals surface area contributed by atoms with Gasteiger partial charge < -0.3 is 19.5 Å². The van der Waals surface area contributed by atoms with E-state index < -0.39 is 0 Å². The molecule has 1 saturated carbocycles. The number of carbonyl (C=O) groups is 1. The Morgan fingerprint density at radius 1 is 1.26 bits per heavy atom. The smallest absolute Gasteiger partial charge is 0.318 e. The van der Waals surface area contributed by atoms with Crippen molar-refractivity contribution in [2.45, 2.75) is 44.7 Å². The molecule has 1 atom stereocenters. The number of aryl methyl sites for hydroxylation is 1. The summed E-state index contributed by atoms with van der Waals surface area (Å²) in [6, 6.07) is 7.69. The minimum absolute atomic E-state index is 0.0571. The van der Waals surface area contributed by atoms with Crippen molar-refractivity contribution < 1.29 is 9.53 Å². The molecule has 0 radical (unpaired) electrons. The summed E-state index contributed by atoms with van der Waals surface area (Å²) in [4.78, 5) is 19.3. The van der Waals surface area contributed by atoms with Crippen molar-refractivity contribution in [3.05, 3.63) is 48.0 Å². The van der Waals surface area contributed by atoms with E-state index in [9.17, 15) is 4.79 Å². The molecule has 2 aromatic rings. The second-order valence-corrected chi connectivity index (χ2v) is 7.58. The van der Waals surface area contributed by atoms with Crippen molar-refractivity contribution in [2.24, 2.45) is 13.0 Å². The lowest BCUT2D eigenvalue weighted by Gasteiger charge is -2.34. The number of hydrogen-bond acceptors (Lipinski definition) is 3. The van der Waals surface area contributed by atoms with Crippen LogP contribution in [0.5, 0.6) is 5.75 Å². The summed E-state index contributed by atoms with van der Waals surface area (Å²) in [6.07, 6.45) is 8.16. The van der Waals surface area contributed by atoms with E-state index in [-0.39, 0.29) is 12.1 Å². The van der Waals surface area contributed by atoms with Gasteiger partial charge in [-0.25, -0.2) is 9.78 Å². The van der Waals surface area contributed by atoms with Crippen molar-refractivity contribution >= 4 is 6.03 Å². The number of nitrogens with one attached hydrogen (secondary N) is 1. The van der Waals surface area contributed by atoms with Crippen LogP contribution in [0.3, 0.4) is 0 Å². The van der Waals surface area contributed by atoms with Gasteiger partial charge in [0.25, 0.3) is 0 Å². The number of nitrogens with zero attached hydrogens (tertiary/aromatic N) is 3. The van der Waals surface area contributed by atoms with Gasteiger partial charge in [0, 0.05) is 32.5 Å². The number of aromatic nitrogens is 2. The minimum Gasteiger partial charge on any atom is -0.497 e. The fraction of sp³-hybridized carbons (Fsp3) is 0.524. The summed E-state index contributed by atoms with van der Waals surface area (Å²) < 4.78 is 7.20. The van der Waals surface area contributed by atoms with Gasteiger partial charge in [-0.2, -0.15) is 0 Å². The zero-order valence-corrected chi connectivity index (χ0v) is 16.7. The van der Waals surface area contributed by atoms with Crippen LogP contribution in [-0.2, 0) is 7.05 Å². The molecule has 1 aliphatic carbocycles. The number of methoxy groups -OCH3 is 1. The fourth-order valence-electron chi connectivity index (χ4n) is 3.77. The molecule has 1 heterocycles. The van der Waals surface area contributed by atoms with E-state index in [2.05, 4.69) is 17.2 Å². The second kappa shape index (κ2) is 8.46. The number of amides is 2. The Kier molecular flexibility index (Phi) is 6.04. The van der Waals surface area contributed by atoms with E-state index in [4.69, 9.17) is 4.74 Å². The van der Waals surface area contributed by atoms with Gasteiger partial charge in [0.15, 0.2) is 0 Å². The average Bonchev–Trinajstić information content (AvgIpc) is 3.11. The summed E-state index contributed by atoms with van der Waals surface area (Å²) in [5.41, 5.74) is 0.976. The van der Waals surface area contributed by atoms with E-state index in [1.165, 1.54) is 12.8 Å². The Hall–Kier alpha value is -2.50. The SMILES string of the molecule is COc1ccc(C(NC(=O)N(C)C2CCC(C)CC2)c2nccn2C)cc1.